The van der Waals surface area contributed by atoms with Crippen molar-refractivity contribution in [2.24, 2.45) is 0 Å². The molecule has 0 spiro atoms. The fraction of sp³-hybridized carbons (Fsp3) is 0.133. The standard InChI is InChI=1S/C15H14BrNO2/c1-19-14-8-3-2-7-13(14)15(18)17-12-6-4-5-11(9-12)10-16/h2-9H,10H2,1H3,(H,17,18). The van der Waals surface area contributed by atoms with Crippen LogP contribution in [0, 0.1) is 0 Å². The van der Waals surface area contributed by atoms with Gasteiger partial charge in [0.25, 0.3) is 5.91 Å². The summed E-state index contributed by atoms with van der Waals surface area (Å²) in [6.07, 6.45) is 0. The number of carbonyl (C=O) groups excluding carboxylic acids is 1. The summed E-state index contributed by atoms with van der Waals surface area (Å²) in [4.78, 5) is 12.2. The first-order valence-corrected chi connectivity index (χ1v) is 6.96. The van der Waals surface area contributed by atoms with E-state index in [1.807, 2.05) is 36.4 Å². The molecule has 0 fully saturated rings. The quantitative estimate of drug-likeness (QED) is 0.869. The normalized spacial score (nSPS) is 10.0. The molecular weight excluding hydrogens is 306 g/mol. The highest BCUT2D eigenvalue weighted by atomic mass is 79.9. The highest BCUT2D eigenvalue weighted by molar-refractivity contribution is 9.08. The van der Waals surface area contributed by atoms with E-state index in [9.17, 15) is 4.79 Å². The fourth-order valence-electron chi connectivity index (χ4n) is 1.76. The monoisotopic (exact) mass is 319 g/mol. The van der Waals surface area contributed by atoms with Gasteiger partial charge in [0.15, 0.2) is 0 Å². The molecule has 2 rings (SSSR count). The summed E-state index contributed by atoms with van der Waals surface area (Å²) < 4.78 is 5.18. The molecule has 1 N–H and O–H groups in total. The SMILES string of the molecule is COc1ccccc1C(=O)Nc1cccc(CBr)c1. The first-order valence-electron chi connectivity index (χ1n) is 5.84. The van der Waals surface area contributed by atoms with Crippen molar-refractivity contribution < 1.29 is 9.53 Å². The van der Waals surface area contributed by atoms with Gasteiger partial charge in [-0.25, -0.2) is 0 Å². The van der Waals surface area contributed by atoms with E-state index in [0.717, 1.165) is 16.6 Å². The maximum atomic E-state index is 12.2. The third-order valence-electron chi connectivity index (χ3n) is 2.69. The average Bonchev–Trinajstić information content (AvgIpc) is 2.47. The van der Waals surface area contributed by atoms with E-state index in [0.29, 0.717) is 11.3 Å². The highest BCUT2D eigenvalue weighted by Gasteiger charge is 2.11. The number of hydrogen-bond donors (Lipinski definition) is 1. The molecule has 3 nitrogen and oxygen atoms in total. The van der Waals surface area contributed by atoms with Gasteiger partial charge in [0.1, 0.15) is 5.75 Å². The Labute approximate surface area is 120 Å². The van der Waals surface area contributed by atoms with Crippen LogP contribution in [0.3, 0.4) is 0 Å². The van der Waals surface area contributed by atoms with Gasteiger partial charge in [-0.15, -0.1) is 0 Å². The summed E-state index contributed by atoms with van der Waals surface area (Å²) in [5.41, 5.74) is 2.40. The number of amides is 1. The zero-order valence-corrected chi connectivity index (χ0v) is 12.1. The molecule has 0 atom stereocenters. The van der Waals surface area contributed by atoms with Crippen LogP contribution in [-0.2, 0) is 5.33 Å². The lowest BCUT2D eigenvalue weighted by Gasteiger charge is -2.09. The lowest BCUT2D eigenvalue weighted by Crippen LogP contribution is -2.13. The maximum absolute atomic E-state index is 12.2. The number of rotatable bonds is 4. The summed E-state index contributed by atoms with van der Waals surface area (Å²) in [6.45, 7) is 0. The van der Waals surface area contributed by atoms with Crippen LogP contribution in [0.15, 0.2) is 48.5 Å². The summed E-state index contributed by atoms with van der Waals surface area (Å²) in [5.74, 6) is 0.390. The number of halogens is 1. The molecule has 19 heavy (non-hydrogen) atoms. The molecule has 0 bridgehead atoms. The van der Waals surface area contributed by atoms with Gasteiger partial charge in [-0.3, -0.25) is 4.79 Å². The zero-order chi connectivity index (χ0) is 13.7. The van der Waals surface area contributed by atoms with Crippen LogP contribution in [0.5, 0.6) is 5.75 Å². The second-order valence-corrected chi connectivity index (χ2v) is 4.55. The molecule has 2 aromatic rings. The lowest BCUT2D eigenvalue weighted by molar-refractivity contribution is 0.102. The molecule has 0 heterocycles. The molecule has 0 saturated carbocycles. The Kier molecular flexibility index (Phi) is 4.58. The van der Waals surface area contributed by atoms with Crippen LogP contribution in [0.25, 0.3) is 0 Å². The van der Waals surface area contributed by atoms with Gasteiger partial charge in [0.05, 0.1) is 12.7 Å². The van der Waals surface area contributed by atoms with Gasteiger partial charge >= 0.3 is 0 Å². The van der Waals surface area contributed by atoms with Crippen LogP contribution in [0.2, 0.25) is 0 Å². The molecular formula is C15H14BrNO2. The number of anilines is 1. The number of benzene rings is 2. The Hall–Kier alpha value is -1.81. The molecule has 0 aliphatic carbocycles. The third kappa shape index (κ3) is 3.35. The van der Waals surface area contributed by atoms with Crippen molar-refractivity contribution in [3.8, 4) is 5.75 Å². The first kappa shape index (κ1) is 13.6. The van der Waals surface area contributed by atoms with Crippen LogP contribution < -0.4 is 10.1 Å². The second-order valence-electron chi connectivity index (χ2n) is 3.99. The predicted molar refractivity (Wildman–Crippen MR) is 80.0 cm³/mol. The van der Waals surface area contributed by atoms with E-state index < -0.39 is 0 Å². The lowest BCUT2D eigenvalue weighted by atomic mass is 10.1. The van der Waals surface area contributed by atoms with E-state index >= 15 is 0 Å². The molecule has 0 aromatic heterocycles. The number of ether oxygens (including phenoxy) is 1. The Morgan fingerprint density at radius 3 is 2.74 bits per heavy atom. The average molecular weight is 320 g/mol. The number of nitrogens with one attached hydrogen (secondary N) is 1. The van der Waals surface area contributed by atoms with Crippen molar-refractivity contribution in [2.75, 3.05) is 12.4 Å². The van der Waals surface area contributed by atoms with Crippen LogP contribution in [-0.4, -0.2) is 13.0 Å². The molecule has 98 valence electrons. The molecule has 0 saturated heterocycles. The van der Waals surface area contributed by atoms with Crippen molar-refractivity contribution >= 4 is 27.5 Å². The van der Waals surface area contributed by atoms with Gasteiger partial charge in [-0.2, -0.15) is 0 Å². The van der Waals surface area contributed by atoms with Crippen molar-refractivity contribution in [1.82, 2.24) is 0 Å². The molecule has 0 radical (unpaired) electrons. The van der Waals surface area contributed by atoms with Crippen LogP contribution in [0.4, 0.5) is 5.69 Å². The highest BCUT2D eigenvalue weighted by Crippen LogP contribution is 2.20. The number of para-hydroxylation sites is 1. The summed E-state index contributed by atoms with van der Waals surface area (Å²) >= 11 is 3.39. The van der Waals surface area contributed by atoms with E-state index in [1.54, 1.807) is 19.2 Å². The Morgan fingerprint density at radius 2 is 2.00 bits per heavy atom. The van der Waals surface area contributed by atoms with Gasteiger partial charge < -0.3 is 10.1 Å². The topological polar surface area (TPSA) is 38.3 Å². The van der Waals surface area contributed by atoms with Crippen molar-refractivity contribution in [1.29, 1.82) is 0 Å². The largest absolute Gasteiger partial charge is 0.496 e. The number of methoxy groups -OCH3 is 1. The van der Waals surface area contributed by atoms with Crippen molar-refractivity contribution in [3.63, 3.8) is 0 Å². The van der Waals surface area contributed by atoms with E-state index in [2.05, 4.69) is 21.2 Å². The molecule has 1 amide bonds. The zero-order valence-electron chi connectivity index (χ0n) is 10.5. The minimum absolute atomic E-state index is 0.177. The Balaban J connectivity index is 2.20. The van der Waals surface area contributed by atoms with E-state index in [4.69, 9.17) is 4.74 Å². The smallest absolute Gasteiger partial charge is 0.259 e. The third-order valence-corrected chi connectivity index (χ3v) is 3.34. The number of alkyl halides is 1. The van der Waals surface area contributed by atoms with Crippen molar-refractivity contribution in [3.05, 3.63) is 59.7 Å². The Bertz CT molecular complexity index is 584. The van der Waals surface area contributed by atoms with Gasteiger partial charge in [-0.05, 0) is 29.8 Å². The Morgan fingerprint density at radius 1 is 1.21 bits per heavy atom. The van der Waals surface area contributed by atoms with Crippen molar-refractivity contribution in [2.45, 2.75) is 5.33 Å². The molecule has 4 heteroatoms. The van der Waals surface area contributed by atoms with E-state index in [-0.39, 0.29) is 5.91 Å². The predicted octanol–water partition coefficient (Wildman–Crippen LogP) is 3.84. The van der Waals surface area contributed by atoms with E-state index in [1.165, 1.54) is 0 Å². The second kappa shape index (κ2) is 6.38. The maximum Gasteiger partial charge on any atom is 0.259 e. The molecule has 2 aromatic carbocycles. The summed E-state index contributed by atoms with van der Waals surface area (Å²) in [7, 11) is 1.55. The van der Waals surface area contributed by atoms with Crippen LogP contribution >= 0.6 is 15.9 Å². The number of carbonyl (C=O) groups is 1. The minimum Gasteiger partial charge on any atom is -0.496 e. The minimum atomic E-state index is -0.177. The van der Waals surface area contributed by atoms with Gasteiger partial charge in [-0.1, -0.05) is 40.2 Å². The fourth-order valence-corrected chi connectivity index (χ4v) is 2.11. The molecule has 0 aliphatic heterocycles. The first-order chi connectivity index (χ1) is 9.24. The summed E-state index contributed by atoms with van der Waals surface area (Å²) in [6, 6.07) is 14.9. The summed E-state index contributed by atoms with van der Waals surface area (Å²) in [5, 5.41) is 3.62. The molecule has 0 unspecified atom stereocenters. The van der Waals surface area contributed by atoms with Gasteiger partial charge in [0, 0.05) is 11.0 Å². The van der Waals surface area contributed by atoms with Crippen LogP contribution in [0.1, 0.15) is 15.9 Å². The van der Waals surface area contributed by atoms with Gasteiger partial charge in [0.2, 0.25) is 0 Å². The molecule has 0 aliphatic rings. The number of hydrogen-bond acceptors (Lipinski definition) is 2.